The number of hydrogen-bond donors (Lipinski definition) is 12. The molecule has 14 N–H and O–H groups in total. The lowest BCUT2D eigenvalue weighted by Gasteiger charge is -2.29. The predicted octanol–water partition coefficient (Wildman–Crippen LogP) is -3.97. The number of carboxylic acid groups (broad SMARTS) is 1. The first-order chi connectivity index (χ1) is 27.1. The molecule has 21 nitrogen and oxygen atoms in total. The van der Waals surface area contributed by atoms with Crippen molar-refractivity contribution >= 4 is 53.2 Å². The molecule has 1 rings (SSSR count). The molecule has 0 radical (unpaired) electrons. The summed E-state index contributed by atoms with van der Waals surface area (Å²) in [6.45, 7) is 7.73. The minimum absolute atomic E-state index is 0.00277. The highest BCUT2D eigenvalue weighted by molar-refractivity contribution is 5.97. The van der Waals surface area contributed by atoms with Gasteiger partial charge in [-0.3, -0.25) is 38.4 Å². The van der Waals surface area contributed by atoms with Gasteiger partial charge >= 0.3 is 5.97 Å². The monoisotopic (exact) mass is 821 g/mol. The van der Waals surface area contributed by atoms with Crippen LogP contribution in [0, 0.1) is 11.8 Å². The fraction of sp³-hybridized carbons (Fsp3) is 0.595. The summed E-state index contributed by atoms with van der Waals surface area (Å²) in [5, 5.41) is 45.0. The van der Waals surface area contributed by atoms with Crippen molar-refractivity contribution in [3.8, 4) is 0 Å². The quantitative estimate of drug-likeness (QED) is 0.0449. The molecule has 9 atom stereocenters. The van der Waals surface area contributed by atoms with Crippen LogP contribution in [0.1, 0.15) is 66.4 Å². The van der Waals surface area contributed by atoms with Crippen molar-refractivity contribution in [2.24, 2.45) is 23.3 Å². The summed E-state index contributed by atoms with van der Waals surface area (Å²) < 4.78 is 0. The fourth-order valence-electron chi connectivity index (χ4n) is 5.30. The molecule has 0 saturated heterocycles. The number of aliphatic carboxylic acids is 1. The van der Waals surface area contributed by atoms with Crippen LogP contribution in [0.15, 0.2) is 30.3 Å². The zero-order valence-electron chi connectivity index (χ0n) is 33.6. The molecule has 58 heavy (non-hydrogen) atoms. The summed E-state index contributed by atoms with van der Waals surface area (Å²) in [5.74, 6) is -8.97. The number of carboxylic acids is 1. The molecule has 8 amide bonds. The van der Waals surface area contributed by atoms with Gasteiger partial charge in [0, 0.05) is 6.42 Å². The molecule has 0 aliphatic carbocycles. The number of carbonyl (C=O) groups is 9. The summed E-state index contributed by atoms with van der Waals surface area (Å²) >= 11 is 0. The van der Waals surface area contributed by atoms with E-state index in [-0.39, 0.29) is 18.8 Å². The van der Waals surface area contributed by atoms with E-state index >= 15 is 0 Å². The number of aliphatic hydroxyl groups excluding tert-OH is 2. The Kier molecular flexibility index (Phi) is 21.6. The van der Waals surface area contributed by atoms with E-state index in [0.717, 1.165) is 0 Å². The highest BCUT2D eigenvalue weighted by atomic mass is 16.4. The van der Waals surface area contributed by atoms with Gasteiger partial charge < -0.3 is 64.0 Å². The van der Waals surface area contributed by atoms with Crippen molar-refractivity contribution in [1.82, 2.24) is 37.2 Å². The second-order valence-electron chi connectivity index (χ2n) is 14.4. The Morgan fingerprint density at radius 3 is 1.57 bits per heavy atom. The standard InChI is InChI=1S/C37H59N9O12/c1-7-19(4)29(36(56)43-24(13-18(2)3)34(54)44-26(16-47)35(55)45-27(17-48)37(57)58)46-31(51)21(6)40-30(50)20(5)41-33(53)25(14-22-11-9-8-10-12-22)42-32(52)23(38)15-28(39)49/h8-12,18-21,23-27,29,47-48H,7,13-17,38H2,1-6H3,(H2,39,49)(H,40,50)(H,41,53)(H,42,52)(H,43,56)(H,44,54)(H,45,55)(H,46,51)(H,57,58)/t19-,20-,21-,23-,24-,25-,26-,27-,29-/m0/s1. The minimum atomic E-state index is -1.70. The number of amides is 8. The van der Waals surface area contributed by atoms with Crippen LogP contribution in [0.3, 0.4) is 0 Å². The molecule has 0 fully saturated rings. The van der Waals surface area contributed by atoms with Crippen LogP contribution in [0.25, 0.3) is 0 Å². The number of nitrogens with two attached hydrogens (primary N) is 2. The number of rotatable bonds is 25. The van der Waals surface area contributed by atoms with Crippen molar-refractivity contribution in [1.29, 1.82) is 0 Å². The summed E-state index contributed by atoms with van der Waals surface area (Å²) in [4.78, 5) is 114. The third-order valence-electron chi connectivity index (χ3n) is 8.92. The van der Waals surface area contributed by atoms with Gasteiger partial charge in [0.2, 0.25) is 47.3 Å². The Morgan fingerprint density at radius 1 is 0.603 bits per heavy atom. The van der Waals surface area contributed by atoms with E-state index in [0.29, 0.717) is 12.0 Å². The first kappa shape index (κ1) is 50.3. The van der Waals surface area contributed by atoms with Gasteiger partial charge in [-0.25, -0.2) is 4.79 Å². The maximum absolute atomic E-state index is 13.6. The summed E-state index contributed by atoms with van der Waals surface area (Å²) in [5.41, 5.74) is 11.6. The van der Waals surface area contributed by atoms with Crippen LogP contribution in [0.2, 0.25) is 0 Å². The van der Waals surface area contributed by atoms with Crippen molar-refractivity contribution < 1.29 is 58.5 Å². The van der Waals surface area contributed by atoms with E-state index in [1.165, 1.54) is 13.8 Å². The van der Waals surface area contributed by atoms with E-state index < -0.39 is 127 Å². The predicted molar refractivity (Wildman–Crippen MR) is 208 cm³/mol. The Morgan fingerprint density at radius 2 is 1.07 bits per heavy atom. The molecule has 0 unspecified atom stereocenters. The van der Waals surface area contributed by atoms with Crippen LogP contribution in [-0.4, -0.2) is 130 Å². The van der Waals surface area contributed by atoms with Crippen LogP contribution >= 0.6 is 0 Å². The van der Waals surface area contributed by atoms with Gasteiger partial charge in [-0.1, -0.05) is 64.4 Å². The largest absolute Gasteiger partial charge is 0.480 e. The maximum Gasteiger partial charge on any atom is 0.328 e. The zero-order valence-corrected chi connectivity index (χ0v) is 33.6. The highest BCUT2D eigenvalue weighted by Crippen LogP contribution is 2.12. The molecule has 0 heterocycles. The van der Waals surface area contributed by atoms with Crippen LogP contribution < -0.4 is 48.7 Å². The number of carbonyl (C=O) groups excluding carboxylic acids is 8. The Bertz CT molecular complexity index is 1600. The van der Waals surface area contributed by atoms with Gasteiger partial charge in [-0.05, 0) is 37.7 Å². The minimum Gasteiger partial charge on any atom is -0.480 e. The molecule has 0 aliphatic rings. The first-order valence-electron chi connectivity index (χ1n) is 18.8. The number of aliphatic hydroxyl groups is 2. The average Bonchev–Trinajstić information content (AvgIpc) is 3.16. The smallest absolute Gasteiger partial charge is 0.328 e. The van der Waals surface area contributed by atoms with E-state index in [1.54, 1.807) is 58.0 Å². The lowest BCUT2D eigenvalue weighted by atomic mass is 9.96. The SMILES string of the molecule is CC[C@H](C)[C@H](NC(=O)[C@H](C)NC(=O)[C@H](C)NC(=O)[C@H](Cc1ccccc1)NC(=O)[C@@H](N)CC(N)=O)C(=O)N[C@@H](CC(C)C)C(=O)N[C@@H](CO)C(=O)N[C@@H](CO)C(=O)O. The molecular weight excluding hydrogens is 762 g/mol. The van der Waals surface area contributed by atoms with Gasteiger partial charge in [0.15, 0.2) is 0 Å². The Balaban J connectivity index is 3.06. The number of hydrogen-bond acceptors (Lipinski definition) is 12. The fourth-order valence-corrected chi connectivity index (χ4v) is 5.30. The van der Waals surface area contributed by atoms with Crippen molar-refractivity contribution in [3.05, 3.63) is 35.9 Å². The summed E-state index contributed by atoms with van der Waals surface area (Å²) in [7, 11) is 0. The molecule has 0 aliphatic heterocycles. The molecule has 1 aromatic carbocycles. The number of benzene rings is 1. The van der Waals surface area contributed by atoms with E-state index in [2.05, 4.69) is 31.9 Å². The summed E-state index contributed by atoms with van der Waals surface area (Å²) in [6.07, 6.45) is -0.0189. The lowest BCUT2D eigenvalue weighted by molar-refractivity contribution is -0.143. The Hall–Kier alpha value is -5.67. The van der Waals surface area contributed by atoms with E-state index in [1.807, 2.05) is 5.32 Å². The lowest BCUT2D eigenvalue weighted by Crippen LogP contribution is -2.61. The zero-order chi connectivity index (χ0) is 44.3. The van der Waals surface area contributed by atoms with Crippen molar-refractivity contribution in [3.63, 3.8) is 0 Å². The van der Waals surface area contributed by atoms with E-state index in [9.17, 15) is 53.4 Å². The first-order valence-corrected chi connectivity index (χ1v) is 18.8. The van der Waals surface area contributed by atoms with Gasteiger partial charge in [0.05, 0.1) is 25.7 Å². The van der Waals surface area contributed by atoms with Gasteiger partial charge in [0.1, 0.15) is 42.3 Å². The second kappa shape index (κ2) is 24.9. The Labute approximate surface area is 336 Å². The van der Waals surface area contributed by atoms with Crippen molar-refractivity contribution in [2.75, 3.05) is 13.2 Å². The molecule has 0 spiro atoms. The molecule has 1 aromatic rings. The molecule has 0 aromatic heterocycles. The topological polar surface area (TPSA) is 351 Å². The number of primary amides is 1. The van der Waals surface area contributed by atoms with Crippen LogP contribution in [0.5, 0.6) is 0 Å². The third kappa shape index (κ3) is 17.2. The van der Waals surface area contributed by atoms with Crippen molar-refractivity contribution in [2.45, 2.75) is 116 Å². The average molecular weight is 822 g/mol. The normalized spacial score (nSPS) is 15.7. The number of nitrogens with one attached hydrogen (secondary N) is 7. The van der Waals surface area contributed by atoms with Crippen LogP contribution in [0.4, 0.5) is 0 Å². The van der Waals surface area contributed by atoms with Gasteiger partial charge in [-0.2, -0.15) is 0 Å². The molecule has 21 heteroatoms. The maximum atomic E-state index is 13.6. The van der Waals surface area contributed by atoms with Gasteiger partial charge in [-0.15, -0.1) is 0 Å². The second-order valence-corrected chi connectivity index (χ2v) is 14.4. The molecule has 0 saturated carbocycles. The van der Waals surface area contributed by atoms with Gasteiger partial charge in [0.25, 0.3) is 0 Å². The van der Waals surface area contributed by atoms with Crippen LogP contribution in [-0.2, 0) is 49.6 Å². The molecule has 324 valence electrons. The molecule has 0 bridgehead atoms. The summed E-state index contributed by atoms with van der Waals surface area (Å²) in [6, 6.07) is -2.22. The molecular formula is C37H59N9O12. The van der Waals surface area contributed by atoms with E-state index in [4.69, 9.17) is 16.6 Å². The highest BCUT2D eigenvalue weighted by Gasteiger charge is 2.34. The third-order valence-corrected chi connectivity index (χ3v) is 8.92.